The number of aromatic nitrogens is 1. The average molecular weight is 748 g/mol. The molecule has 4 aliphatic rings. The van der Waals surface area contributed by atoms with Crippen molar-refractivity contribution < 1.29 is 37.9 Å². The maximum absolute atomic E-state index is 14.6. The van der Waals surface area contributed by atoms with Gasteiger partial charge in [0.05, 0.1) is 12.6 Å². The highest BCUT2D eigenvalue weighted by Crippen LogP contribution is 2.30. The Labute approximate surface area is 317 Å². The minimum absolute atomic E-state index is 0.00183. The van der Waals surface area contributed by atoms with Crippen LogP contribution >= 0.6 is 0 Å². The molecule has 0 unspecified atom stereocenters. The second kappa shape index (κ2) is 19.4. The Bertz CT molecular complexity index is 1600. The molecule has 2 aromatic rings. The molecule has 0 bridgehead atoms. The molecule has 3 heterocycles. The fourth-order valence-electron chi connectivity index (χ4n) is 8.37. The van der Waals surface area contributed by atoms with Gasteiger partial charge in [-0.1, -0.05) is 36.6 Å². The smallest absolute Gasteiger partial charge is 0.410 e. The van der Waals surface area contributed by atoms with Crippen molar-refractivity contribution in [1.82, 2.24) is 20.1 Å². The van der Waals surface area contributed by atoms with Crippen molar-refractivity contribution in [1.29, 1.82) is 0 Å². The third-order valence-electron chi connectivity index (χ3n) is 11.4. The molecule has 13 heteroatoms. The molecule has 4 atom stereocenters. The van der Waals surface area contributed by atoms with Crippen LogP contribution in [0.25, 0.3) is 11.1 Å². The number of unbranched alkanes of at least 4 members (excludes halogenated alkanes) is 1. The van der Waals surface area contributed by atoms with E-state index in [2.05, 4.69) is 10.3 Å². The van der Waals surface area contributed by atoms with E-state index >= 15 is 0 Å². The molecule has 6 rings (SSSR count). The van der Waals surface area contributed by atoms with E-state index in [0.29, 0.717) is 50.0 Å². The Kier molecular flexibility index (Phi) is 14.1. The van der Waals surface area contributed by atoms with E-state index in [9.17, 15) is 24.0 Å². The highest BCUT2D eigenvalue weighted by atomic mass is 16.6. The molecule has 2 aliphatic heterocycles. The Balaban J connectivity index is 1.23. The second-order valence-corrected chi connectivity index (χ2v) is 15.5. The first-order valence-corrected chi connectivity index (χ1v) is 20.3. The van der Waals surface area contributed by atoms with Crippen molar-refractivity contribution in [3.63, 3.8) is 0 Å². The first kappa shape index (κ1) is 39.4. The number of nitrogens with two attached hydrogens (primary N) is 1. The van der Waals surface area contributed by atoms with Gasteiger partial charge in [0.15, 0.2) is 11.4 Å². The number of ether oxygens (including phenoxy) is 2. The van der Waals surface area contributed by atoms with Gasteiger partial charge < -0.3 is 34.7 Å². The van der Waals surface area contributed by atoms with Crippen LogP contribution in [-0.2, 0) is 19.1 Å². The number of rotatable bonds is 15. The van der Waals surface area contributed by atoms with Crippen molar-refractivity contribution in [3.8, 4) is 0 Å². The van der Waals surface area contributed by atoms with Crippen molar-refractivity contribution >= 4 is 40.8 Å². The fourth-order valence-corrected chi connectivity index (χ4v) is 8.37. The van der Waals surface area contributed by atoms with Gasteiger partial charge in [-0.15, -0.1) is 0 Å². The topological polar surface area (TPSA) is 174 Å². The molecule has 54 heavy (non-hydrogen) atoms. The number of allylic oxidation sites excluding steroid dienone is 1. The molecule has 0 spiro atoms. The highest BCUT2D eigenvalue weighted by Gasteiger charge is 2.45. The standard InChI is InChI=1S/C41H57N5O8/c42-22-10-9-15-29(37(48)38-43-32-18-7-8-19-36(32)54-38)25-35(47)34-26-31(53-41(51)45-23-11-2-12-24-45)27-46(34)39(49)33(21-20-28-13-3-1-4-14-28)44-40(50)52-30-16-5-6-17-30/h7-8,18-20,29-31,33-34H,1-6,9-17,21-27,42H2,(H,44,50)/t29-,31-,33-,34+/m1/s1. The Morgan fingerprint density at radius 2 is 1.67 bits per heavy atom. The van der Waals surface area contributed by atoms with Gasteiger partial charge in [0.2, 0.25) is 11.7 Å². The number of oxazole rings is 1. The van der Waals surface area contributed by atoms with Gasteiger partial charge in [-0.3, -0.25) is 14.4 Å². The number of hydrogen-bond acceptors (Lipinski definition) is 10. The quantitative estimate of drug-likeness (QED) is 0.114. The van der Waals surface area contributed by atoms with Gasteiger partial charge in [-0.25, -0.2) is 14.6 Å². The zero-order valence-electron chi connectivity index (χ0n) is 31.5. The number of carbonyl (C=O) groups is 5. The van der Waals surface area contributed by atoms with Gasteiger partial charge in [-0.2, -0.15) is 0 Å². The third-order valence-corrected chi connectivity index (χ3v) is 11.4. The van der Waals surface area contributed by atoms with Crippen molar-refractivity contribution in [2.24, 2.45) is 11.7 Å². The van der Waals surface area contributed by atoms with Crippen molar-refractivity contribution in [3.05, 3.63) is 41.8 Å². The summed E-state index contributed by atoms with van der Waals surface area (Å²) in [6.45, 7) is 1.64. The summed E-state index contributed by atoms with van der Waals surface area (Å²) in [5.41, 5.74) is 8.06. The summed E-state index contributed by atoms with van der Waals surface area (Å²) in [7, 11) is 0. The highest BCUT2D eigenvalue weighted by molar-refractivity contribution is 6.00. The van der Waals surface area contributed by atoms with Gasteiger partial charge in [-0.05, 0) is 109 Å². The first-order valence-electron chi connectivity index (χ1n) is 20.3. The van der Waals surface area contributed by atoms with Crippen LogP contribution in [0.5, 0.6) is 0 Å². The number of alkyl carbamates (subject to hydrolysis) is 1. The SMILES string of the molecule is NCCCC[C@H](CC(=O)[C@@H]1C[C@@H](OC(=O)N2CCCCC2)CN1C(=O)[C@@H](CC=C1CCCCC1)NC(=O)OC1CCCC1)C(=O)c1nc2ccccc2o1. The van der Waals surface area contributed by atoms with Crippen LogP contribution in [0.2, 0.25) is 0 Å². The molecule has 1 aromatic carbocycles. The molecular weight excluding hydrogens is 690 g/mol. The normalized spacial score (nSPS) is 21.8. The molecule has 2 saturated heterocycles. The Hall–Kier alpha value is -4.26. The number of nitrogens with one attached hydrogen (secondary N) is 1. The van der Waals surface area contributed by atoms with E-state index in [1.807, 2.05) is 12.1 Å². The minimum atomic E-state index is -0.984. The Morgan fingerprint density at radius 3 is 2.41 bits per heavy atom. The second-order valence-electron chi connectivity index (χ2n) is 15.5. The van der Waals surface area contributed by atoms with Gasteiger partial charge >= 0.3 is 12.2 Å². The molecule has 3 N–H and O–H groups in total. The maximum atomic E-state index is 14.6. The largest absolute Gasteiger partial charge is 0.446 e. The number of benzene rings is 1. The number of para-hydroxylation sites is 2. The number of amides is 3. The predicted octanol–water partition coefficient (Wildman–Crippen LogP) is 6.62. The van der Waals surface area contributed by atoms with E-state index < -0.39 is 42.2 Å². The minimum Gasteiger partial charge on any atom is -0.446 e. The fraction of sp³-hybridized carbons (Fsp3) is 0.659. The summed E-state index contributed by atoms with van der Waals surface area (Å²) >= 11 is 0. The van der Waals surface area contributed by atoms with Crippen LogP contribution in [0.3, 0.4) is 0 Å². The number of fused-ring (bicyclic) bond motifs is 1. The number of nitrogens with zero attached hydrogens (tertiary/aromatic N) is 3. The van der Waals surface area contributed by atoms with Gasteiger partial charge in [0.1, 0.15) is 23.8 Å². The van der Waals surface area contributed by atoms with Crippen LogP contribution in [0.4, 0.5) is 9.59 Å². The molecule has 3 amide bonds. The van der Waals surface area contributed by atoms with Crippen LogP contribution in [0.1, 0.15) is 126 Å². The van der Waals surface area contributed by atoms with Crippen molar-refractivity contribution in [2.45, 2.75) is 140 Å². The van der Waals surface area contributed by atoms with E-state index in [0.717, 1.165) is 70.6 Å². The molecule has 0 radical (unpaired) electrons. The zero-order chi connectivity index (χ0) is 37.9. The van der Waals surface area contributed by atoms with E-state index in [1.54, 1.807) is 23.1 Å². The number of piperidine rings is 1. The number of hydrogen-bond donors (Lipinski definition) is 2. The third kappa shape index (κ3) is 10.5. The van der Waals surface area contributed by atoms with Gasteiger partial charge in [0, 0.05) is 31.8 Å². The monoisotopic (exact) mass is 747 g/mol. The van der Waals surface area contributed by atoms with Crippen molar-refractivity contribution in [2.75, 3.05) is 26.2 Å². The van der Waals surface area contributed by atoms with Crippen LogP contribution in [0.15, 0.2) is 40.3 Å². The summed E-state index contributed by atoms with van der Waals surface area (Å²) in [4.78, 5) is 76.9. The molecule has 2 aliphatic carbocycles. The average Bonchev–Trinajstić information content (AvgIpc) is 3.97. The lowest BCUT2D eigenvalue weighted by molar-refractivity contribution is -0.139. The zero-order valence-corrected chi connectivity index (χ0v) is 31.5. The number of likely N-dealkylation sites (tertiary alicyclic amines) is 2. The summed E-state index contributed by atoms with van der Waals surface area (Å²) in [5, 5.41) is 2.84. The number of ketones is 2. The first-order chi connectivity index (χ1) is 26.3. The lowest BCUT2D eigenvalue weighted by atomic mass is 9.89. The molecule has 2 saturated carbocycles. The van der Waals surface area contributed by atoms with Crippen LogP contribution < -0.4 is 11.1 Å². The summed E-state index contributed by atoms with van der Waals surface area (Å²) in [5.74, 6) is -1.95. The molecule has 4 fully saturated rings. The molecule has 1 aromatic heterocycles. The number of Topliss-reactive ketones (excluding diaryl/α,β-unsaturated/α-hetero) is 2. The predicted molar refractivity (Wildman–Crippen MR) is 202 cm³/mol. The van der Waals surface area contributed by atoms with E-state index in [4.69, 9.17) is 19.6 Å². The molecular formula is C41H57N5O8. The summed E-state index contributed by atoms with van der Waals surface area (Å²) in [6, 6.07) is 5.15. The van der Waals surface area contributed by atoms with Crippen LogP contribution in [0, 0.1) is 5.92 Å². The van der Waals surface area contributed by atoms with E-state index in [1.165, 1.54) is 16.9 Å². The summed E-state index contributed by atoms with van der Waals surface area (Å²) < 4.78 is 17.5. The van der Waals surface area contributed by atoms with Crippen LogP contribution in [-0.4, -0.2) is 94.9 Å². The lowest BCUT2D eigenvalue weighted by Crippen LogP contribution is -2.52. The Morgan fingerprint density at radius 1 is 0.926 bits per heavy atom. The molecule has 13 nitrogen and oxygen atoms in total. The lowest BCUT2D eigenvalue weighted by Gasteiger charge is -2.29. The summed E-state index contributed by atoms with van der Waals surface area (Å²) in [6.07, 6.45) is 13.5. The maximum Gasteiger partial charge on any atom is 0.410 e. The number of carbonyl (C=O) groups excluding carboxylic acids is 5. The van der Waals surface area contributed by atoms with E-state index in [-0.39, 0.29) is 49.4 Å². The van der Waals surface area contributed by atoms with Gasteiger partial charge in [0.25, 0.3) is 5.89 Å². The molecule has 294 valence electrons.